The van der Waals surface area contributed by atoms with Crippen molar-refractivity contribution in [3.63, 3.8) is 0 Å². The largest absolute Gasteiger partial charge is 0.481 e. The molecular formula is C24H30FNO6. The third kappa shape index (κ3) is 6.59. The van der Waals surface area contributed by atoms with Crippen molar-refractivity contribution in [1.82, 2.24) is 4.98 Å². The van der Waals surface area contributed by atoms with E-state index in [-0.39, 0.29) is 24.8 Å². The Labute approximate surface area is 187 Å². The molecule has 174 valence electrons. The van der Waals surface area contributed by atoms with Crippen molar-refractivity contribution in [3.05, 3.63) is 53.0 Å². The lowest BCUT2D eigenvalue weighted by Gasteiger charge is -2.21. The molecule has 0 aliphatic heterocycles. The molecule has 32 heavy (non-hydrogen) atoms. The molecule has 1 heterocycles. The van der Waals surface area contributed by atoms with Gasteiger partial charge in [0.05, 0.1) is 38.0 Å². The Morgan fingerprint density at radius 2 is 1.84 bits per heavy atom. The Bertz CT molecular complexity index is 942. The number of rotatable bonds is 11. The van der Waals surface area contributed by atoms with E-state index in [0.29, 0.717) is 22.7 Å². The van der Waals surface area contributed by atoms with Gasteiger partial charge in [-0.1, -0.05) is 38.1 Å². The first-order valence-electron chi connectivity index (χ1n) is 10.3. The summed E-state index contributed by atoms with van der Waals surface area (Å²) < 4.78 is 24.5. The number of nitrogens with zero attached hydrogens (tertiary/aromatic N) is 1. The fraction of sp³-hybridized carbons (Fsp3) is 0.417. The molecule has 1 aromatic heterocycles. The van der Waals surface area contributed by atoms with Crippen LogP contribution in [0, 0.1) is 5.82 Å². The summed E-state index contributed by atoms with van der Waals surface area (Å²) in [6.45, 7) is 4.13. The summed E-state index contributed by atoms with van der Waals surface area (Å²) in [5.41, 5.74) is 3.53. The van der Waals surface area contributed by atoms with Gasteiger partial charge in [0.25, 0.3) is 0 Å². The van der Waals surface area contributed by atoms with Gasteiger partial charge in [0.1, 0.15) is 5.82 Å². The number of carboxylic acids is 1. The number of ether oxygens (including phenoxy) is 2. The number of hydrogen-bond donors (Lipinski definition) is 3. The maximum absolute atomic E-state index is 13.6. The molecule has 0 spiro atoms. The molecule has 2 rings (SSSR count). The summed E-state index contributed by atoms with van der Waals surface area (Å²) in [5, 5.41) is 28.9. The molecule has 7 nitrogen and oxygen atoms in total. The highest BCUT2D eigenvalue weighted by Crippen LogP contribution is 2.38. The van der Waals surface area contributed by atoms with E-state index in [1.54, 1.807) is 25.3 Å². The number of aliphatic hydroxyl groups excluding tert-OH is 2. The van der Waals surface area contributed by atoms with Crippen molar-refractivity contribution >= 4 is 12.0 Å². The Morgan fingerprint density at radius 3 is 2.38 bits per heavy atom. The van der Waals surface area contributed by atoms with E-state index in [1.165, 1.54) is 25.3 Å². The van der Waals surface area contributed by atoms with Crippen LogP contribution in [0.3, 0.4) is 0 Å². The molecule has 0 amide bonds. The van der Waals surface area contributed by atoms with Gasteiger partial charge < -0.3 is 24.8 Å². The first kappa shape index (κ1) is 25.5. The Kier molecular flexibility index (Phi) is 9.31. The first-order valence-corrected chi connectivity index (χ1v) is 10.3. The molecule has 0 aliphatic carbocycles. The molecule has 3 N–H and O–H groups in total. The number of hydrogen-bond acceptors (Lipinski definition) is 6. The molecular weight excluding hydrogens is 417 g/mol. The van der Waals surface area contributed by atoms with Crippen molar-refractivity contribution in [2.75, 3.05) is 14.2 Å². The lowest BCUT2D eigenvalue weighted by Crippen LogP contribution is -2.19. The third-order valence-corrected chi connectivity index (χ3v) is 4.90. The summed E-state index contributed by atoms with van der Waals surface area (Å²) in [7, 11) is 3.07. The molecule has 0 aliphatic rings. The fourth-order valence-electron chi connectivity index (χ4n) is 3.49. The Balaban J connectivity index is 2.63. The van der Waals surface area contributed by atoms with Crippen molar-refractivity contribution in [3.8, 4) is 17.0 Å². The van der Waals surface area contributed by atoms with Crippen LogP contribution in [0.5, 0.6) is 5.88 Å². The Hall–Kier alpha value is -2.81. The zero-order valence-corrected chi connectivity index (χ0v) is 18.7. The molecule has 0 fully saturated rings. The van der Waals surface area contributed by atoms with Crippen molar-refractivity contribution < 1.29 is 34.0 Å². The first-order chi connectivity index (χ1) is 15.2. The van der Waals surface area contributed by atoms with Crippen LogP contribution in [0.25, 0.3) is 17.2 Å². The van der Waals surface area contributed by atoms with Crippen LogP contribution in [0.2, 0.25) is 0 Å². The zero-order chi connectivity index (χ0) is 23.8. The lowest BCUT2D eigenvalue weighted by molar-refractivity contribution is -0.139. The predicted molar refractivity (Wildman–Crippen MR) is 119 cm³/mol. The molecule has 0 radical (unpaired) electrons. The van der Waals surface area contributed by atoms with Crippen molar-refractivity contribution in [2.24, 2.45) is 0 Å². The SMILES string of the molecule is COCc1c(OC)nc(C(C)C)c(/C=C/C(O)CC(O)CC(=O)O)c1-c1ccc(F)cc1. The van der Waals surface area contributed by atoms with Crippen LogP contribution in [0.1, 0.15) is 49.4 Å². The predicted octanol–water partition coefficient (Wildman–Crippen LogP) is 3.77. The fourth-order valence-corrected chi connectivity index (χ4v) is 3.49. The minimum absolute atomic E-state index is 0.00548. The summed E-state index contributed by atoms with van der Waals surface area (Å²) in [4.78, 5) is 15.4. The second-order valence-electron chi connectivity index (χ2n) is 7.78. The van der Waals surface area contributed by atoms with E-state index in [9.17, 15) is 19.4 Å². The second kappa shape index (κ2) is 11.7. The number of pyridine rings is 1. The van der Waals surface area contributed by atoms with Gasteiger partial charge in [-0.3, -0.25) is 4.79 Å². The van der Waals surface area contributed by atoms with E-state index in [0.717, 1.165) is 11.1 Å². The number of aromatic nitrogens is 1. The van der Waals surface area contributed by atoms with Crippen LogP contribution in [0.15, 0.2) is 30.3 Å². The van der Waals surface area contributed by atoms with Gasteiger partial charge >= 0.3 is 5.97 Å². The van der Waals surface area contributed by atoms with Gasteiger partial charge in [-0.25, -0.2) is 9.37 Å². The smallest absolute Gasteiger partial charge is 0.305 e. The quantitative estimate of drug-likeness (QED) is 0.481. The topological polar surface area (TPSA) is 109 Å². The van der Waals surface area contributed by atoms with E-state index < -0.39 is 24.6 Å². The molecule has 8 heteroatoms. The molecule has 2 unspecified atom stereocenters. The van der Waals surface area contributed by atoms with Crippen LogP contribution < -0.4 is 4.74 Å². The van der Waals surface area contributed by atoms with E-state index in [2.05, 4.69) is 4.98 Å². The zero-order valence-electron chi connectivity index (χ0n) is 18.7. The molecule has 0 saturated carbocycles. The number of carboxylic acid groups (broad SMARTS) is 1. The molecule has 0 bridgehead atoms. The summed E-state index contributed by atoms with van der Waals surface area (Å²) in [5.74, 6) is -1.12. The minimum atomic E-state index is -1.17. The highest BCUT2D eigenvalue weighted by atomic mass is 19.1. The monoisotopic (exact) mass is 447 g/mol. The molecule has 2 aromatic rings. The normalized spacial score (nSPS) is 13.5. The molecule has 1 aromatic carbocycles. The average Bonchev–Trinajstić information content (AvgIpc) is 2.72. The number of methoxy groups -OCH3 is 2. The Morgan fingerprint density at radius 1 is 1.19 bits per heavy atom. The lowest BCUT2D eigenvalue weighted by atomic mass is 9.90. The van der Waals surface area contributed by atoms with Crippen LogP contribution >= 0.6 is 0 Å². The summed E-state index contributed by atoms with van der Waals surface area (Å²) in [6.07, 6.45) is 0.359. The van der Waals surface area contributed by atoms with Crippen LogP contribution in [-0.2, 0) is 16.1 Å². The van der Waals surface area contributed by atoms with Gasteiger partial charge in [0.15, 0.2) is 0 Å². The number of halogens is 1. The number of aliphatic carboxylic acids is 1. The summed E-state index contributed by atoms with van der Waals surface area (Å²) >= 11 is 0. The number of carbonyl (C=O) groups is 1. The van der Waals surface area contributed by atoms with E-state index in [4.69, 9.17) is 14.6 Å². The van der Waals surface area contributed by atoms with Gasteiger partial charge in [-0.05, 0) is 23.6 Å². The maximum atomic E-state index is 13.6. The third-order valence-electron chi connectivity index (χ3n) is 4.90. The second-order valence-corrected chi connectivity index (χ2v) is 7.78. The highest BCUT2D eigenvalue weighted by Gasteiger charge is 2.22. The molecule has 2 atom stereocenters. The van der Waals surface area contributed by atoms with Gasteiger partial charge in [-0.15, -0.1) is 0 Å². The van der Waals surface area contributed by atoms with Gasteiger partial charge in [-0.2, -0.15) is 0 Å². The highest BCUT2D eigenvalue weighted by molar-refractivity contribution is 5.81. The van der Waals surface area contributed by atoms with Gasteiger partial charge in [0.2, 0.25) is 5.88 Å². The summed E-state index contributed by atoms with van der Waals surface area (Å²) in [6, 6.07) is 6.02. The van der Waals surface area contributed by atoms with Crippen LogP contribution in [-0.4, -0.2) is 52.7 Å². The maximum Gasteiger partial charge on any atom is 0.305 e. The van der Waals surface area contributed by atoms with Gasteiger partial charge in [0, 0.05) is 30.2 Å². The van der Waals surface area contributed by atoms with Crippen molar-refractivity contribution in [2.45, 2.75) is 51.4 Å². The van der Waals surface area contributed by atoms with Crippen molar-refractivity contribution in [1.29, 1.82) is 0 Å². The minimum Gasteiger partial charge on any atom is -0.481 e. The van der Waals surface area contributed by atoms with E-state index in [1.807, 2.05) is 13.8 Å². The van der Waals surface area contributed by atoms with Crippen LogP contribution in [0.4, 0.5) is 4.39 Å². The standard InChI is InChI=1S/C24H30FNO6/c1-14(2)23-19(10-9-17(27)11-18(28)12-21(29)30)22(15-5-7-16(25)8-6-15)20(13-31-3)24(26-23)32-4/h5-10,14,17-18,27-28H,11-13H2,1-4H3,(H,29,30)/b10-9+. The number of benzene rings is 1. The van der Waals surface area contributed by atoms with E-state index >= 15 is 0 Å². The number of aliphatic hydroxyl groups is 2. The molecule has 0 saturated heterocycles. The average molecular weight is 448 g/mol.